The van der Waals surface area contributed by atoms with Gasteiger partial charge in [-0.1, -0.05) is 135 Å². The van der Waals surface area contributed by atoms with E-state index in [2.05, 4.69) is 134 Å². The molecule has 0 aromatic heterocycles. The lowest BCUT2D eigenvalue weighted by atomic mass is 9.39. The summed E-state index contributed by atoms with van der Waals surface area (Å²) in [5.74, 6) is -4.60. The highest BCUT2D eigenvalue weighted by Crippen LogP contribution is 2.75. The van der Waals surface area contributed by atoms with Crippen LogP contribution in [0.1, 0.15) is 271 Å². The van der Waals surface area contributed by atoms with Gasteiger partial charge in [-0.05, 0) is 375 Å². The van der Waals surface area contributed by atoms with Crippen molar-refractivity contribution in [2.24, 2.45) is 33.5 Å². The lowest BCUT2D eigenvalue weighted by Gasteiger charge is -2.75. The molecule has 0 radical (unpaired) electrons. The average molecular weight is 1730 g/mol. The SMILES string of the molecule is C/C=C/c1cc(F)c([C@@H]2C3=C(C[C@@H](C)N2CC24CC(C2)C4)c2ccccc2C3)c(F)c1.C/C=C/c1cc(F)c([C@H]2C3=C(C[C@@H](C)N2CC24CC(C2)C4)c2ccccc2C3)c(F)c1.C[C@@H]1CC2=C(Cc3ccccc32)[C@@H](c2c(F)cc(/C=C/C(=O)O)cc2F)N1C12CC(C)(C1)C2.C[C@H]1CC2=C(Cc3ccccc32)[C@H](c2c(F)cc(/C=C/C(=O)O)cc2F)N1C12CC(C)(C1)C2. The van der Waals surface area contributed by atoms with Gasteiger partial charge in [0.2, 0.25) is 0 Å². The first-order valence-corrected chi connectivity index (χ1v) is 46.7. The average Bonchev–Trinajstić information content (AvgIpc) is 0.921. The Bertz CT molecular complexity index is 5740. The largest absolute Gasteiger partial charge is 0.478 e. The summed E-state index contributed by atoms with van der Waals surface area (Å²) in [6, 6.07) is 44.0. The zero-order valence-corrected chi connectivity index (χ0v) is 74.3. The first-order valence-electron chi connectivity index (χ1n) is 46.7. The maximum atomic E-state index is 15.6. The van der Waals surface area contributed by atoms with Crippen LogP contribution in [-0.4, -0.2) is 90.1 Å². The number of halogens is 8. The van der Waals surface area contributed by atoms with Crippen LogP contribution in [0, 0.1) is 80.0 Å². The molecule has 8 nitrogen and oxygen atoms in total. The van der Waals surface area contributed by atoms with E-state index in [-0.39, 0.29) is 80.7 Å². The van der Waals surface area contributed by atoms with Gasteiger partial charge < -0.3 is 10.2 Å². The number of nitrogens with zero attached hydrogens (tertiary/aromatic N) is 4. The van der Waals surface area contributed by atoms with Gasteiger partial charge >= 0.3 is 11.9 Å². The van der Waals surface area contributed by atoms with E-state index < -0.39 is 70.6 Å². The van der Waals surface area contributed by atoms with Crippen molar-refractivity contribution in [2.45, 2.75) is 243 Å². The van der Waals surface area contributed by atoms with Crippen LogP contribution in [0.5, 0.6) is 0 Å². The van der Waals surface area contributed by atoms with Gasteiger partial charge in [-0.15, -0.1) is 0 Å². The predicted octanol–water partition coefficient (Wildman–Crippen LogP) is 26.2. The second kappa shape index (κ2) is 31.3. The molecule has 4 aliphatic heterocycles. The van der Waals surface area contributed by atoms with E-state index in [1.165, 1.54) is 177 Å². The number of carboxylic acids is 2. The number of allylic oxidation sites excluding steroid dienone is 2. The predicted molar refractivity (Wildman–Crippen MR) is 490 cm³/mol. The third kappa shape index (κ3) is 14.1. The standard InChI is InChI=1S/2C28H27F2NO2.2C28H29F2N/c2*1-16-9-20-19-6-4-3-5-18(19)12-21(20)26(31(16)28-13-27(2,14-28)15-28)25-22(29)10-17(11-23(25)30)7-8-24(32)33;2*1-3-6-18-10-24(29)26(25(30)11-18)27-23-12-20-7-4-5-8-21(20)22(23)9-17(2)31(27)16-28-13-19(14-28)15-28/h2*3-8,10-11,16,26H,9,12-15H2,1-2H3,(H,32,33);2*3-8,10-11,17,19,27H,9,12-16H2,1-2H3/b2*8-7+;2*6-3+/t2*16-,26+,27?,28?;17-,19?,27+,28?;17-,19?,27-,28?/m1011/s1. The second-order valence-corrected chi connectivity index (χ2v) is 42.4. The van der Waals surface area contributed by atoms with E-state index in [9.17, 15) is 9.59 Å². The molecule has 8 aromatic rings. The van der Waals surface area contributed by atoms with E-state index in [0.29, 0.717) is 45.6 Å². The van der Waals surface area contributed by atoms with Gasteiger partial charge in [0.25, 0.3) is 0 Å². The Morgan fingerprint density at radius 3 is 0.844 bits per heavy atom. The van der Waals surface area contributed by atoms with Crippen molar-refractivity contribution in [2.75, 3.05) is 13.1 Å². The molecule has 8 bridgehead atoms. The Kier molecular flexibility index (Phi) is 20.7. The van der Waals surface area contributed by atoms with Crippen LogP contribution in [0.2, 0.25) is 0 Å². The summed E-state index contributed by atoms with van der Waals surface area (Å²) in [6.07, 6.45) is 32.4. The van der Waals surface area contributed by atoms with Crippen molar-refractivity contribution >= 4 is 58.5 Å². The monoisotopic (exact) mass is 1730 g/mol. The van der Waals surface area contributed by atoms with Crippen LogP contribution in [-0.2, 0) is 35.3 Å². The lowest BCUT2D eigenvalue weighted by molar-refractivity contribution is -0.231. The number of carboxylic acid groups (broad SMARTS) is 2. The Labute approximate surface area is 746 Å². The summed E-state index contributed by atoms with van der Waals surface area (Å²) in [5.41, 5.74) is 23.7. The van der Waals surface area contributed by atoms with Crippen LogP contribution in [0.25, 0.3) is 46.6 Å². The molecule has 16 aliphatic carbocycles. The van der Waals surface area contributed by atoms with Gasteiger partial charge in [-0.25, -0.2) is 44.7 Å². The number of rotatable bonds is 16. The quantitative estimate of drug-likeness (QED) is 0.0731. The Balaban J connectivity index is 0.000000104. The van der Waals surface area contributed by atoms with E-state index in [4.69, 9.17) is 10.2 Å². The van der Waals surface area contributed by atoms with Gasteiger partial charge in [-0.2, -0.15) is 0 Å². The van der Waals surface area contributed by atoms with Crippen LogP contribution in [0.15, 0.2) is 192 Å². The number of hydrogen-bond acceptors (Lipinski definition) is 6. The Morgan fingerprint density at radius 2 is 0.602 bits per heavy atom. The lowest BCUT2D eigenvalue weighted by Crippen LogP contribution is -2.75. The molecule has 2 N–H and O–H groups in total. The van der Waals surface area contributed by atoms with E-state index in [0.717, 1.165) is 125 Å². The fourth-order valence-corrected chi connectivity index (χ4v) is 28.5. The Hall–Kier alpha value is -10.1. The normalized spacial score (nSPS) is 31.9. The van der Waals surface area contributed by atoms with Gasteiger partial charge in [-0.3, -0.25) is 19.6 Å². The van der Waals surface area contributed by atoms with Gasteiger partial charge in [0.05, 0.1) is 24.2 Å². The highest BCUT2D eigenvalue weighted by molar-refractivity contribution is 5.87. The molecule has 128 heavy (non-hydrogen) atoms. The second-order valence-electron chi connectivity index (χ2n) is 42.4. The van der Waals surface area contributed by atoms with E-state index in [1.54, 1.807) is 12.2 Å². The first-order chi connectivity index (χ1) is 61.3. The van der Waals surface area contributed by atoms with Crippen LogP contribution in [0.4, 0.5) is 35.1 Å². The number of aliphatic carboxylic acids is 2. The van der Waals surface area contributed by atoms with E-state index >= 15 is 35.1 Å². The maximum Gasteiger partial charge on any atom is 0.328 e. The molecule has 0 amide bonds. The molecule has 12 fully saturated rings. The molecule has 12 saturated carbocycles. The van der Waals surface area contributed by atoms with Crippen LogP contribution >= 0.6 is 0 Å². The minimum Gasteiger partial charge on any atom is -0.478 e. The molecule has 20 aliphatic rings. The van der Waals surface area contributed by atoms with Crippen molar-refractivity contribution in [3.05, 3.63) is 328 Å². The summed E-state index contributed by atoms with van der Waals surface area (Å²) in [7, 11) is 0. The van der Waals surface area contributed by atoms with Crippen molar-refractivity contribution in [1.82, 2.24) is 19.6 Å². The minimum atomic E-state index is -1.15. The third-order valence-corrected chi connectivity index (χ3v) is 33.1. The molecule has 4 heterocycles. The van der Waals surface area contributed by atoms with Gasteiger partial charge in [0, 0.05) is 82.7 Å². The van der Waals surface area contributed by atoms with Gasteiger partial charge in [0.1, 0.15) is 46.5 Å². The number of benzene rings is 8. The number of carbonyl (C=O) groups is 2. The van der Waals surface area contributed by atoms with Crippen molar-refractivity contribution in [3.8, 4) is 0 Å². The summed E-state index contributed by atoms with van der Waals surface area (Å²) in [5, 5.41) is 17.8. The zero-order valence-electron chi connectivity index (χ0n) is 74.3. The first kappa shape index (κ1) is 84.7. The fourth-order valence-electron chi connectivity index (χ4n) is 28.5. The molecule has 0 saturated heterocycles. The number of hydrogen-bond donors (Lipinski definition) is 2. The summed E-state index contributed by atoms with van der Waals surface area (Å²) >= 11 is 0. The molecule has 660 valence electrons. The highest BCUT2D eigenvalue weighted by atomic mass is 19.2. The van der Waals surface area contributed by atoms with Crippen molar-refractivity contribution in [1.29, 1.82) is 0 Å². The van der Waals surface area contributed by atoms with Gasteiger partial charge in [0.15, 0.2) is 0 Å². The summed E-state index contributed by atoms with van der Waals surface area (Å²) < 4.78 is 125. The maximum absolute atomic E-state index is 15.6. The van der Waals surface area contributed by atoms with E-state index in [1.807, 2.05) is 50.3 Å². The van der Waals surface area contributed by atoms with Crippen molar-refractivity contribution in [3.63, 3.8) is 0 Å². The minimum absolute atomic E-state index is 0.0207. The smallest absolute Gasteiger partial charge is 0.328 e. The molecular weight excluding hydrogens is 1620 g/mol. The van der Waals surface area contributed by atoms with Crippen LogP contribution in [0.3, 0.4) is 0 Å². The molecule has 0 spiro atoms. The molecular formula is C112H112F8N4O4. The molecule has 0 unspecified atom stereocenters. The Morgan fingerprint density at radius 1 is 0.359 bits per heavy atom. The molecule has 8 aromatic carbocycles. The highest BCUT2D eigenvalue weighted by Gasteiger charge is 2.72. The van der Waals surface area contributed by atoms with Crippen LogP contribution < -0.4 is 0 Å². The topological polar surface area (TPSA) is 87.6 Å². The fraction of sp³-hybridized carbons (Fsp3) is 0.411. The molecule has 8 atom stereocenters. The zero-order chi connectivity index (χ0) is 88.9. The summed E-state index contributed by atoms with van der Waals surface area (Å²) in [6.45, 7) is 19.1. The third-order valence-electron chi connectivity index (χ3n) is 33.1. The van der Waals surface area contributed by atoms with Crippen molar-refractivity contribution < 1.29 is 54.9 Å². The molecule has 16 heteroatoms. The summed E-state index contributed by atoms with van der Waals surface area (Å²) in [4.78, 5) is 31.5. The molecule has 28 rings (SSSR count). The number of fused-ring (bicyclic) bond motifs is 8.